The lowest BCUT2D eigenvalue weighted by molar-refractivity contribution is -0.384. The van der Waals surface area contributed by atoms with Gasteiger partial charge in [0, 0.05) is 12.6 Å². The van der Waals surface area contributed by atoms with Crippen LogP contribution in [0.3, 0.4) is 0 Å². The zero-order valence-electron chi connectivity index (χ0n) is 10.7. The van der Waals surface area contributed by atoms with Gasteiger partial charge in [-0.25, -0.2) is 0 Å². The molecule has 0 radical (unpaired) electrons. The molecule has 1 saturated heterocycles. The molecule has 2 rings (SSSR count). The molecule has 1 aromatic carbocycles. The normalized spacial score (nSPS) is 15.6. The van der Waals surface area contributed by atoms with E-state index in [2.05, 4.69) is 4.90 Å². The van der Waals surface area contributed by atoms with Crippen molar-refractivity contribution in [3.8, 4) is 5.75 Å². The molecule has 0 aliphatic carbocycles. The fraction of sp³-hybridized carbons (Fsp3) is 0.538. The van der Waals surface area contributed by atoms with Gasteiger partial charge < -0.3 is 9.64 Å². The third-order valence-electron chi connectivity index (χ3n) is 3.20. The Labute approximate surface area is 117 Å². The first-order valence-electron chi connectivity index (χ1n) is 6.46. The summed E-state index contributed by atoms with van der Waals surface area (Å²) in [7, 11) is 0. The molecule has 1 fully saturated rings. The van der Waals surface area contributed by atoms with Gasteiger partial charge in [-0.1, -0.05) is 11.6 Å². The van der Waals surface area contributed by atoms with Crippen LogP contribution in [-0.2, 0) is 0 Å². The number of halogens is 1. The van der Waals surface area contributed by atoms with Crippen LogP contribution in [0.4, 0.5) is 5.69 Å². The van der Waals surface area contributed by atoms with Crippen LogP contribution in [0, 0.1) is 10.1 Å². The van der Waals surface area contributed by atoms with Crippen LogP contribution >= 0.6 is 11.6 Å². The van der Waals surface area contributed by atoms with Crippen molar-refractivity contribution in [2.75, 3.05) is 26.2 Å². The average molecular weight is 285 g/mol. The van der Waals surface area contributed by atoms with E-state index in [1.165, 1.54) is 31.0 Å². The van der Waals surface area contributed by atoms with Crippen LogP contribution in [0.2, 0.25) is 5.02 Å². The van der Waals surface area contributed by atoms with Crippen LogP contribution in [0.25, 0.3) is 0 Å². The van der Waals surface area contributed by atoms with Gasteiger partial charge in [-0.15, -0.1) is 0 Å². The topological polar surface area (TPSA) is 55.6 Å². The zero-order chi connectivity index (χ0) is 13.7. The summed E-state index contributed by atoms with van der Waals surface area (Å²) in [4.78, 5) is 12.6. The molecule has 1 aliphatic heterocycles. The van der Waals surface area contributed by atoms with Crippen LogP contribution in [-0.4, -0.2) is 36.1 Å². The Morgan fingerprint density at radius 2 is 2.11 bits per heavy atom. The number of nitrogens with zero attached hydrogens (tertiary/aromatic N) is 2. The standard InChI is InChI=1S/C13H17ClN2O3/c14-12-5-4-11(16(17)18)10-13(12)19-9-3-8-15-6-1-2-7-15/h4-5,10H,1-3,6-9H2. The Kier molecular flexibility index (Phi) is 4.99. The Morgan fingerprint density at radius 3 is 2.79 bits per heavy atom. The highest BCUT2D eigenvalue weighted by molar-refractivity contribution is 6.32. The highest BCUT2D eigenvalue weighted by Gasteiger charge is 2.12. The van der Waals surface area contributed by atoms with Crippen molar-refractivity contribution in [3.63, 3.8) is 0 Å². The van der Waals surface area contributed by atoms with Gasteiger partial charge in [-0.3, -0.25) is 10.1 Å². The lowest BCUT2D eigenvalue weighted by Gasteiger charge is -2.14. The van der Waals surface area contributed by atoms with E-state index in [4.69, 9.17) is 16.3 Å². The molecule has 0 N–H and O–H groups in total. The third kappa shape index (κ3) is 4.08. The van der Waals surface area contributed by atoms with Gasteiger partial charge in [0.05, 0.1) is 22.6 Å². The number of hydrogen-bond acceptors (Lipinski definition) is 4. The molecule has 0 spiro atoms. The minimum atomic E-state index is -0.451. The molecule has 0 bridgehead atoms. The van der Waals surface area contributed by atoms with Crippen molar-refractivity contribution in [2.24, 2.45) is 0 Å². The second kappa shape index (κ2) is 6.73. The number of ether oxygens (including phenoxy) is 1. The summed E-state index contributed by atoms with van der Waals surface area (Å²) in [5, 5.41) is 11.1. The summed E-state index contributed by atoms with van der Waals surface area (Å²) in [5.41, 5.74) is -0.000979. The SMILES string of the molecule is O=[N+]([O-])c1ccc(Cl)c(OCCCN2CCCC2)c1. The molecule has 104 valence electrons. The maximum Gasteiger partial charge on any atom is 0.273 e. The van der Waals surface area contributed by atoms with Crippen molar-refractivity contribution in [1.29, 1.82) is 0 Å². The second-order valence-electron chi connectivity index (χ2n) is 4.62. The molecule has 1 aromatic rings. The molecule has 0 atom stereocenters. The number of nitro groups is 1. The summed E-state index contributed by atoms with van der Waals surface area (Å²) >= 11 is 5.95. The Morgan fingerprint density at radius 1 is 1.37 bits per heavy atom. The van der Waals surface area contributed by atoms with Gasteiger partial charge in [-0.2, -0.15) is 0 Å². The number of rotatable bonds is 6. The van der Waals surface area contributed by atoms with E-state index in [1.807, 2.05) is 0 Å². The van der Waals surface area contributed by atoms with Gasteiger partial charge in [0.15, 0.2) is 0 Å². The average Bonchev–Trinajstić information content (AvgIpc) is 2.89. The molecular weight excluding hydrogens is 268 g/mol. The smallest absolute Gasteiger partial charge is 0.273 e. The molecule has 6 heteroatoms. The van der Waals surface area contributed by atoms with Gasteiger partial charge >= 0.3 is 0 Å². The van der Waals surface area contributed by atoms with Crippen molar-refractivity contribution in [2.45, 2.75) is 19.3 Å². The highest BCUT2D eigenvalue weighted by atomic mass is 35.5. The first-order chi connectivity index (χ1) is 9.16. The predicted molar refractivity (Wildman–Crippen MR) is 73.9 cm³/mol. The number of hydrogen-bond donors (Lipinski definition) is 0. The number of likely N-dealkylation sites (tertiary alicyclic amines) is 1. The van der Waals surface area contributed by atoms with Crippen LogP contribution in [0.15, 0.2) is 18.2 Å². The number of non-ortho nitro benzene ring substituents is 1. The maximum absolute atomic E-state index is 10.7. The summed E-state index contributed by atoms with van der Waals surface area (Å²) < 4.78 is 5.52. The van der Waals surface area contributed by atoms with Crippen molar-refractivity contribution >= 4 is 17.3 Å². The van der Waals surface area contributed by atoms with Crippen LogP contribution in [0.5, 0.6) is 5.75 Å². The lowest BCUT2D eigenvalue weighted by atomic mass is 10.3. The fourth-order valence-corrected chi connectivity index (χ4v) is 2.36. The highest BCUT2D eigenvalue weighted by Crippen LogP contribution is 2.28. The fourth-order valence-electron chi connectivity index (χ4n) is 2.19. The minimum Gasteiger partial charge on any atom is -0.492 e. The molecule has 1 aliphatic rings. The Hall–Kier alpha value is -1.33. The number of nitro benzene ring substituents is 1. The molecule has 0 unspecified atom stereocenters. The monoisotopic (exact) mass is 284 g/mol. The predicted octanol–water partition coefficient (Wildman–Crippen LogP) is 3.11. The van der Waals surface area contributed by atoms with Crippen molar-refractivity contribution in [3.05, 3.63) is 33.3 Å². The van der Waals surface area contributed by atoms with Crippen molar-refractivity contribution < 1.29 is 9.66 Å². The van der Waals surface area contributed by atoms with E-state index < -0.39 is 4.92 Å². The first kappa shape index (κ1) is 14.1. The quantitative estimate of drug-likeness (QED) is 0.457. The minimum absolute atomic E-state index is 0.000979. The van der Waals surface area contributed by atoms with Gasteiger partial charge in [0.25, 0.3) is 5.69 Å². The Bertz CT molecular complexity index is 448. The molecule has 0 amide bonds. The second-order valence-corrected chi connectivity index (χ2v) is 5.03. The number of benzene rings is 1. The van der Waals surface area contributed by atoms with E-state index in [0.29, 0.717) is 17.4 Å². The molecular formula is C13H17ClN2O3. The van der Waals surface area contributed by atoms with E-state index >= 15 is 0 Å². The van der Waals surface area contributed by atoms with Gasteiger partial charge in [-0.05, 0) is 38.4 Å². The van der Waals surface area contributed by atoms with Gasteiger partial charge in [0.1, 0.15) is 5.75 Å². The third-order valence-corrected chi connectivity index (χ3v) is 3.51. The first-order valence-corrected chi connectivity index (χ1v) is 6.84. The molecule has 19 heavy (non-hydrogen) atoms. The van der Waals surface area contributed by atoms with E-state index in [9.17, 15) is 10.1 Å². The zero-order valence-corrected chi connectivity index (χ0v) is 11.4. The Balaban J connectivity index is 1.81. The summed E-state index contributed by atoms with van der Waals surface area (Å²) in [6.45, 7) is 3.86. The molecule has 1 heterocycles. The lowest BCUT2D eigenvalue weighted by Crippen LogP contribution is -2.21. The van der Waals surface area contributed by atoms with Crippen LogP contribution < -0.4 is 4.74 Å². The van der Waals surface area contributed by atoms with Crippen molar-refractivity contribution in [1.82, 2.24) is 4.90 Å². The van der Waals surface area contributed by atoms with E-state index in [1.54, 1.807) is 0 Å². The molecule has 0 aromatic heterocycles. The van der Waals surface area contributed by atoms with Crippen LogP contribution in [0.1, 0.15) is 19.3 Å². The molecule has 0 saturated carbocycles. The largest absolute Gasteiger partial charge is 0.492 e. The van der Waals surface area contributed by atoms with Gasteiger partial charge in [0.2, 0.25) is 0 Å². The molecule has 5 nitrogen and oxygen atoms in total. The maximum atomic E-state index is 10.7. The van der Waals surface area contributed by atoms with E-state index in [-0.39, 0.29) is 5.69 Å². The van der Waals surface area contributed by atoms with E-state index in [0.717, 1.165) is 26.1 Å². The summed E-state index contributed by atoms with van der Waals surface area (Å²) in [6, 6.07) is 4.24. The summed E-state index contributed by atoms with van der Waals surface area (Å²) in [6.07, 6.45) is 3.45. The summed E-state index contributed by atoms with van der Waals surface area (Å²) in [5.74, 6) is 0.386.